The van der Waals surface area contributed by atoms with Gasteiger partial charge in [0.25, 0.3) is 0 Å². The van der Waals surface area contributed by atoms with E-state index in [9.17, 15) is 9.90 Å². The normalized spacial score (nSPS) is 16.9. The van der Waals surface area contributed by atoms with Crippen molar-refractivity contribution < 1.29 is 14.3 Å². The fourth-order valence-corrected chi connectivity index (χ4v) is 2.43. The molecule has 0 saturated heterocycles. The summed E-state index contributed by atoms with van der Waals surface area (Å²) in [5.41, 5.74) is 0.858. The third-order valence-electron chi connectivity index (χ3n) is 3.69. The molecule has 1 aromatic carbocycles. The number of hydrogen-bond acceptors (Lipinski definition) is 3. The van der Waals surface area contributed by atoms with Gasteiger partial charge in [0, 0.05) is 11.4 Å². The topological polar surface area (TPSA) is 53.7 Å². The predicted molar refractivity (Wildman–Crippen MR) is 71.9 cm³/mol. The molecule has 1 heterocycles. The first kappa shape index (κ1) is 12.2. The molecule has 0 spiro atoms. The first-order valence-electron chi connectivity index (χ1n) is 6.61. The number of fused-ring (bicyclic) bond motifs is 1. The Bertz CT molecular complexity index is 567. The van der Waals surface area contributed by atoms with Crippen molar-refractivity contribution in [2.45, 2.75) is 38.4 Å². The molecule has 0 aliphatic heterocycles. The maximum atomic E-state index is 11.2. The summed E-state index contributed by atoms with van der Waals surface area (Å²) in [5.74, 6) is 0.0595. The van der Waals surface area contributed by atoms with Crippen LogP contribution in [0.1, 0.15) is 25.5 Å². The van der Waals surface area contributed by atoms with E-state index in [2.05, 4.69) is 0 Å². The number of aliphatic carboxylic acids is 1. The largest absolute Gasteiger partial charge is 0.480 e. The molecule has 1 atom stereocenters. The molecule has 1 fully saturated rings. The van der Waals surface area contributed by atoms with Crippen LogP contribution in [0.15, 0.2) is 34.7 Å². The summed E-state index contributed by atoms with van der Waals surface area (Å²) in [6, 6.07) is 9.76. The van der Waals surface area contributed by atoms with E-state index in [0.29, 0.717) is 12.6 Å². The van der Waals surface area contributed by atoms with E-state index in [1.54, 1.807) is 6.92 Å². The second-order valence-electron chi connectivity index (χ2n) is 5.17. The molecule has 100 valence electrons. The van der Waals surface area contributed by atoms with Gasteiger partial charge in [0.15, 0.2) is 0 Å². The van der Waals surface area contributed by atoms with Crippen LogP contribution in [-0.2, 0) is 11.3 Å². The Hall–Kier alpha value is -1.81. The zero-order valence-corrected chi connectivity index (χ0v) is 10.9. The van der Waals surface area contributed by atoms with Gasteiger partial charge in [0.2, 0.25) is 0 Å². The first-order chi connectivity index (χ1) is 9.15. The van der Waals surface area contributed by atoms with Crippen molar-refractivity contribution in [3.05, 3.63) is 36.1 Å². The maximum absolute atomic E-state index is 11.2. The summed E-state index contributed by atoms with van der Waals surface area (Å²) in [6.45, 7) is 2.30. The highest BCUT2D eigenvalue weighted by molar-refractivity contribution is 5.77. The number of carbonyl (C=O) groups is 1. The minimum absolute atomic E-state index is 0.388. The zero-order chi connectivity index (χ0) is 13.4. The van der Waals surface area contributed by atoms with Gasteiger partial charge in [-0.3, -0.25) is 9.69 Å². The Morgan fingerprint density at radius 2 is 2.21 bits per heavy atom. The average Bonchev–Trinajstić information content (AvgIpc) is 3.14. The van der Waals surface area contributed by atoms with Crippen molar-refractivity contribution in [1.29, 1.82) is 0 Å². The third-order valence-corrected chi connectivity index (χ3v) is 3.69. The molecule has 4 nitrogen and oxygen atoms in total. The number of rotatable bonds is 5. The van der Waals surface area contributed by atoms with E-state index in [4.69, 9.17) is 4.42 Å². The Kier molecular flexibility index (Phi) is 3.03. The Morgan fingerprint density at radius 3 is 2.84 bits per heavy atom. The van der Waals surface area contributed by atoms with Crippen molar-refractivity contribution in [3.63, 3.8) is 0 Å². The van der Waals surface area contributed by atoms with Crippen LogP contribution in [0.4, 0.5) is 0 Å². The van der Waals surface area contributed by atoms with Crippen molar-refractivity contribution in [1.82, 2.24) is 4.90 Å². The second kappa shape index (κ2) is 4.70. The molecule has 1 N–H and O–H groups in total. The number of carboxylic acid groups (broad SMARTS) is 1. The summed E-state index contributed by atoms with van der Waals surface area (Å²) in [5, 5.41) is 10.2. The van der Waals surface area contributed by atoms with Crippen LogP contribution >= 0.6 is 0 Å². The monoisotopic (exact) mass is 259 g/mol. The third kappa shape index (κ3) is 2.49. The van der Waals surface area contributed by atoms with Crippen LogP contribution in [0, 0.1) is 0 Å². The number of nitrogens with zero attached hydrogens (tertiary/aromatic N) is 1. The number of hydrogen-bond donors (Lipinski definition) is 1. The van der Waals surface area contributed by atoms with E-state index in [1.807, 2.05) is 35.2 Å². The van der Waals surface area contributed by atoms with E-state index in [-0.39, 0.29) is 0 Å². The lowest BCUT2D eigenvalue weighted by Gasteiger charge is -2.24. The van der Waals surface area contributed by atoms with E-state index in [1.165, 1.54) is 0 Å². The van der Waals surface area contributed by atoms with E-state index in [0.717, 1.165) is 29.6 Å². The van der Waals surface area contributed by atoms with Gasteiger partial charge in [-0.05, 0) is 31.9 Å². The second-order valence-corrected chi connectivity index (χ2v) is 5.17. The molecule has 2 aromatic rings. The van der Waals surface area contributed by atoms with Crippen LogP contribution in [0.25, 0.3) is 11.0 Å². The predicted octanol–water partition coefficient (Wildman–Crippen LogP) is 2.87. The van der Waals surface area contributed by atoms with Crippen LogP contribution in [-0.4, -0.2) is 28.1 Å². The van der Waals surface area contributed by atoms with Gasteiger partial charge in [-0.1, -0.05) is 18.2 Å². The highest BCUT2D eigenvalue weighted by Gasteiger charge is 2.35. The van der Waals surface area contributed by atoms with Crippen molar-refractivity contribution in [2.75, 3.05) is 0 Å². The molecule has 0 bridgehead atoms. The lowest BCUT2D eigenvalue weighted by atomic mass is 10.2. The summed E-state index contributed by atoms with van der Waals surface area (Å²) in [7, 11) is 0. The fourth-order valence-electron chi connectivity index (χ4n) is 2.43. The highest BCUT2D eigenvalue weighted by atomic mass is 16.4. The van der Waals surface area contributed by atoms with Crippen molar-refractivity contribution in [2.24, 2.45) is 0 Å². The van der Waals surface area contributed by atoms with Crippen LogP contribution in [0.3, 0.4) is 0 Å². The number of furan rings is 1. The molecule has 1 aliphatic carbocycles. The van der Waals surface area contributed by atoms with Crippen LogP contribution in [0.2, 0.25) is 0 Å². The van der Waals surface area contributed by atoms with Crippen molar-refractivity contribution >= 4 is 16.9 Å². The summed E-state index contributed by atoms with van der Waals surface area (Å²) in [4.78, 5) is 13.2. The zero-order valence-electron chi connectivity index (χ0n) is 10.9. The standard InChI is InChI=1S/C15H17NO3/c1-10(15(17)18)16(12-6-7-12)9-13-8-11-4-2-3-5-14(11)19-13/h2-5,8,10,12H,6-7,9H2,1H3,(H,17,18). The van der Waals surface area contributed by atoms with Crippen LogP contribution < -0.4 is 0 Å². The Labute approximate surface area is 111 Å². The summed E-state index contributed by atoms with van der Waals surface area (Å²) < 4.78 is 5.77. The van der Waals surface area contributed by atoms with Gasteiger partial charge in [-0.15, -0.1) is 0 Å². The van der Waals surface area contributed by atoms with Gasteiger partial charge in [0.1, 0.15) is 17.4 Å². The van der Waals surface area contributed by atoms with Gasteiger partial charge in [-0.2, -0.15) is 0 Å². The molecule has 1 saturated carbocycles. The smallest absolute Gasteiger partial charge is 0.320 e. The number of carboxylic acids is 1. The highest BCUT2D eigenvalue weighted by Crippen LogP contribution is 2.31. The van der Waals surface area contributed by atoms with Gasteiger partial charge in [-0.25, -0.2) is 0 Å². The lowest BCUT2D eigenvalue weighted by molar-refractivity contribution is -0.143. The Balaban J connectivity index is 1.83. The van der Waals surface area contributed by atoms with Crippen LogP contribution in [0.5, 0.6) is 0 Å². The molecule has 19 heavy (non-hydrogen) atoms. The fraction of sp³-hybridized carbons (Fsp3) is 0.400. The molecule has 0 radical (unpaired) electrons. The lowest BCUT2D eigenvalue weighted by Crippen LogP contribution is -2.39. The molecule has 1 unspecified atom stereocenters. The quantitative estimate of drug-likeness (QED) is 0.897. The SMILES string of the molecule is CC(C(=O)O)N(Cc1cc2ccccc2o1)C1CC1. The molecule has 1 aromatic heterocycles. The molecule has 0 amide bonds. The maximum Gasteiger partial charge on any atom is 0.320 e. The Morgan fingerprint density at radius 1 is 1.47 bits per heavy atom. The number of benzene rings is 1. The molecular weight excluding hydrogens is 242 g/mol. The average molecular weight is 259 g/mol. The minimum atomic E-state index is -0.775. The summed E-state index contributed by atoms with van der Waals surface area (Å²) >= 11 is 0. The molecule has 4 heteroatoms. The van der Waals surface area contributed by atoms with Crippen molar-refractivity contribution in [3.8, 4) is 0 Å². The van der Waals surface area contributed by atoms with Gasteiger partial charge >= 0.3 is 5.97 Å². The summed E-state index contributed by atoms with van der Waals surface area (Å²) in [6.07, 6.45) is 2.16. The number of para-hydroxylation sites is 1. The molecule has 3 rings (SSSR count). The van der Waals surface area contributed by atoms with Gasteiger partial charge < -0.3 is 9.52 Å². The van der Waals surface area contributed by atoms with Gasteiger partial charge in [0.05, 0.1) is 6.54 Å². The molecular formula is C15H17NO3. The molecule has 1 aliphatic rings. The minimum Gasteiger partial charge on any atom is -0.480 e. The van der Waals surface area contributed by atoms with E-state index < -0.39 is 12.0 Å². The van der Waals surface area contributed by atoms with E-state index >= 15 is 0 Å². The first-order valence-corrected chi connectivity index (χ1v) is 6.61.